The predicted octanol–water partition coefficient (Wildman–Crippen LogP) is 1.40. The molecule has 0 aromatic heterocycles. The number of nitrogens with zero attached hydrogens (tertiary/aromatic N) is 2. The molecule has 1 rings (SSSR count). The van der Waals surface area contributed by atoms with Gasteiger partial charge in [-0.15, -0.1) is 0 Å². The fourth-order valence-electron chi connectivity index (χ4n) is 2.38. The first-order valence-electron chi connectivity index (χ1n) is 7.07. The molecule has 0 aromatic carbocycles. The molecular formula is C14H32N3+. The van der Waals surface area contributed by atoms with Crippen molar-refractivity contribution in [2.45, 2.75) is 39.3 Å². The molecule has 1 saturated heterocycles. The molecule has 0 aromatic rings. The van der Waals surface area contributed by atoms with Crippen molar-refractivity contribution in [2.75, 3.05) is 47.3 Å². The van der Waals surface area contributed by atoms with Crippen molar-refractivity contribution in [3.05, 3.63) is 0 Å². The second kappa shape index (κ2) is 6.17. The van der Waals surface area contributed by atoms with Crippen molar-refractivity contribution < 1.29 is 4.48 Å². The summed E-state index contributed by atoms with van der Waals surface area (Å²) in [5.41, 5.74) is 0. The minimum absolute atomic E-state index is 0.649. The predicted molar refractivity (Wildman–Crippen MR) is 75.2 cm³/mol. The van der Waals surface area contributed by atoms with Crippen molar-refractivity contribution in [1.29, 1.82) is 0 Å². The van der Waals surface area contributed by atoms with Gasteiger partial charge in [-0.05, 0) is 32.7 Å². The van der Waals surface area contributed by atoms with E-state index in [2.05, 4.69) is 52.1 Å². The third-order valence-electron chi connectivity index (χ3n) is 3.91. The smallest absolute Gasteiger partial charge is 0.0909 e. The average molecular weight is 242 g/mol. The molecule has 1 aliphatic rings. The molecule has 0 radical (unpaired) electrons. The van der Waals surface area contributed by atoms with E-state index in [4.69, 9.17) is 0 Å². The fraction of sp³-hybridized carbons (Fsp3) is 1.00. The van der Waals surface area contributed by atoms with Crippen LogP contribution in [0.5, 0.6) is 0 Å². The second-order valence-corrected chi connectivity index (χ2v) is 6.93. The van der Waals surface area contributed by atoms with Crippen LogP contribution >= 0.6 is 0 Å². The number of nitrogens with one attached hydrogen (secondary N) is 1. The van der Waals surface area contributed by atoms with Crippen LogP contribution in [0, 0.1) is 5.92 Å². The van der Waals surface area contributed by atoms with Crippen LogP contribution < -0.4 is 5.32 Å². The third-order valence-corrected chi connectivity index (χ3v) is 3.91. The average Bonchev–Trinajstić information content (AvgIpc) is 2.56. The second-order valence-electron chi connectivity index (χ2n) is 6.93. The first-order chi connectivity index (χ1) is 7.79. The van der Waals surface area contributed by atoms with E-state index in [-0.39, 0.29) is 0 Å². The number of likely N-dealkylation sites (N-methyl/N-ethyl adjacent to an activating group) is 1. The Morgan fingerprint density at radius 2 is 1.94 bits per heavy atom. The van der Waals surface area contributed by atoms with Crippen molar-refractivity contribution in [3.8, 4) is 0 Å². The molecule has 0 bridgehead atoms. The van der Waals surface area contributed by atoms with Crippen LogP contribution in [0.15, 0.2) is 0 Å². The molecule has 1 N–H and O–H groups in total. The van der Waals surface area contributed by atoms with Gasteiger partial charge in [0.2, 0.25) is 0 Å². The number of hydrogen-bond acceptors (Lipinski definition) is 2. The van der Waals surface area contributed by atoms with Gasteiger partial charge in [-0.3, -0.25) is 4.90 Å². The van der Waals surface area contributed by atoms with Gasteiger partial charge in [-0.1, -0.05) is 6.92 Å². The Hall–Kier alpha value is -0.120. The Labute approximate surface area is 108 Å². The maximum atomic E-state index is 3.64. The molecule has 2 unspecified atom stereocenters. The summed E-state index contributed by atoms with van der Waals surface area (Å²) in [4.78, 5) is 2.63. The summed E-state index contributed by atoms with van der Waals surface area (Å²) in [6, 6.07) is 1.35. The van der Waals surface area contributed by atoms with E-state index in [1.807, 2.05) is 0 Å². The SMILES string of the molecule is CC1CCNC1CN(CC[N+](C)(C)C)C(C)C. The lowest BCUT2D eigenvalue weighted by atomic mass is 10.0. The zero-order chi connectivity index (χ0) is 13.1. The summed E-state index contributed by atoms with van der Waals surface area (Å²) < 4.78 is 1.05. The molecule has 1 fully saturated rings. The Balaban J connectivity index is 2.43. The van der Waals surface area contributed by atoms with Gasteiger partial charge < -0.3 is 9.80 Å². The highest BCUT2D eigenvalue weighted by atomic mass is 15.3. The Morgan fingerprint density at radius 1 is 1.29 bits per heavy atom. The highest BCUT2D eigenvalue weighted by molar-refractivity contribution is 4.84. The van der Waals surface area contributed by atoms with Gasteiger partial charge in [0.1, 0.15) is 0 Å². The molecule has 2 atom stereocenters. The molecule has 1 aliphatic heterocycles. The molecule has 102 valence electrons. The molecule has 0 spiro atoms. The van der Waals surface area contributed by atoms with Gasteiger partial charge in [0.15, 0.2) is 0 Å². The normalized spacial score (nSPS) is 26.1. The number of quaternary nitrogens is 1. The standard InChI is InChI=1S/C14H32N3/c1-12(2)16(9-10-17(4,5)6)11-14-13(3)7-8-15-14/h12-15H,7-11H2,1-6H3/q+1. The van der Waals surface area contributed by atoms with Crippen LogP contribution in [0.2, 0.25) is 0 Å². The Morgan fingerprint density at radius 3 is 2.35 bits per heavy atom. The summed E-state index contributed by atoms with van der Waals surface area (Å²) in [5.74, 6) is 0.834. The summed E-state index contributed by atoms with van der Waals surface area (Å²) in [7, 11) is 6.82. The molecule has 0 amide bonds. The maximum Gasteiger partial charge on any atom is 0.0909 e. The Bertz CT molecular complexity index is 220. The summed E-state index contributed by atoms with van der Waals surface area (Å²) in [6.45, 7) is 11.8. The topological polar surface area (TPSA) is 15.3 Å². The van der Waals surface area contributed by atoms with Crippen LogP contribution in [0.25, 0.3) is 0 Å². The van der Waals surface area contributed by atoms with Crippen molar-refractivity contribution in [2.24, 2.45) is 5.92 Å². The molecule has 1 heterocycles. The molecular weight excluding hydrogens is 210 g/mol. The monoisotopic (exact) mass is 242 g/mol. The minimum Gasteiger partial charge on any atom is -0.330 e. The first-order valence-corrected chi connectivity index (χ1v) is 7.07. The van der Waals surface area contributed by atoms with Gasteiger partial charge in [-0.2, -0.15) is 0 Å². The van der Waals surface area contributed by atoms with E-state index in [1.54, 1.807) is 0 Å². The lowest BCUT2D eigenvalue weighted by molar-refractivity contribution is -0.869. The first kappa shape index (κ1) is 14.9. The summed E-state index contributed by atoms with van der Waals surface area (Å²) in [5, 5.41) is 3.64. The zero-order valence-electron chi connectivity index (χ0n) is 12.7. The van der Waals surface area contributed by atoms with E-state index < -0.39 is 0 Å². The van der Waals surface area contributed by atoms with E-state index in [1.165, 1.54) is 32.6 Å². The zero-order valence-corrected chi connectivity index (χ0v) is 12.7. The van der Waals surface area contributed by atoms with Crippen molar-refractivity contribution >= 4 is 0 Å². The third kappa shape index (κ3) is 5.36. The van der Waals surface area contributed by atoms with Gasteiger partial charge in [0.25, 0.3) is 0 Å². The van der Waals surface area contributed by atoms with Crippen molar-refractivity contribution in [1.82, 2.24) is 10.2 Å². The van der Waals surface area contributed by atoms with E-state index in [0.717, 1.165) is 10.4 Å². The van der Waals surface area contributed by atoms with Crippen LogP contribution in [0.3, 0.4) is 0 Å². The quantitative estimate of drug-likeness (QED) is 0.708. The highest BCUT2D eigenvalue weighted by Crippen LogP contribution is 2.16. The van der Waals surface area contributed by atoms with E-state index >= 15 is 0 Å². The molecule has 17 heavy (non-hydrogen) atoms. The van der Waals surface area contributed by atoms with Crippen LogP contribution in [0.4, 0.5) is 0 Å². The molecule has 0 aliphatic carbocycles. The highest BCUT2D eigenvalue weighted by Gasteiger charge is 2.26. The minimum atomic E-state index is 0.649. The van der Waals surface area contributed by atoms with Crippen molar-refractivity contribution in [3.63, 3.8) is 0 Å². The lowest BCUT2D eigenvalue weighted by Gasteiger charge is -2.33. The van der Waals surface area contributed by atoms with Crippen LogP contribution in [-0.2, 0) is 0 Å². The summed E-state index contributed by atoms with van der Waals surface area (Å²) in [6.07, 6.45) is 1.34. The molecule has 3 nitrogen and oxygen atoms in total. The van der Waals surface area contributed by atoms with Crippen LogP contribution in [-0.4, -0.2) is 68.8 Å². The Kier molecular flexibility index (Phi) is 5.42. The fourth-order valence-corrected chi connectivity index (χ4v) is 2.38. The largest absolute Gasteiger partial charge is 0.330 e. The lowest BCUT2D eigenvalue weighted by Crippen LogP contribution is -2.48. The van der Waals surface area contributed by atoms with Gasteiger partial charge >= 0.3 is 0 Å². The van der Waals surface area contributed by atoms with Gasteiger partial charge in [0.05, 0.1) is 27.7 Å². The number of rotatable bonds is 6. The van der Waals surface area contributed by atoms with Gasteiger partial charge in [-0.25, -0.2) is 0 Å². The van der Waals surface area contributed by atoms with Gasteiger partial charge in [0, 0.05) is 25.2 Å². The molecule has 0 saturated carbocycles. The summed E-state index contributed by atoms with van der Waals surface area (Å²) >= 11 is 0. The van der Waals surface area contributed by atoms with Crippen LogP contribution in [0.1, 0.15) is 27.2 Å². The maximum absolute atomic E-state index is 3.64. The van der Waals surface area contributed by atoms with E-state index in [0.29, 0.717) is 12.1 Å². The molecule has 3 heteroatoms. The number of hydrogen-bond donors (Lipinski definition) is 1. The van der Waals surface area contributed by atoms with E-state index in [9.17, 15) is 0 Å².